The quantitative estimate of drug-likeness (QED) is 0.822. The van der Waals surface area contributed by atoms with Gasteiger partial charge in [-0.3, -0.25) is 0 Å². The van der Waals surface area contributed by atoms with E-state index in [1.807, 2.05) is 24.8 Å². The molecule has 0 saturated heterocycles. The monoisotopic (exact) mass is 223 g/mol. The molecule has 0 aliphatic heterocycles. The van der Waals surface area contributed by atoms with Crippen LogP contribution in [0.5, 0.6) is 0 Å². The summed E-state index contributed by atoms with van der Waals surface area (Å²) in [7, 11) is 0. The zero-order valence-electron chi connectivity index (χ0n) is 9.21. The molecule has 1 saturated carbocycles. The van der Waals surface area contributed by atoms with E-state index in [4.69, 9.17) is 5.73 Å². The molecule has 1 aromatic rings. The van der Waals surface area contributed by atoms with Crippen molar-refractivity contribution in [3.63, 3.8) is 0 Å². The number of nitrogens with zero attached hydrogens (tertiary/aromatic N) is 1. The van der Waals surface area contributed by atoms with E-state index in [1.54, 1.807) is 6.20 Å². The van der Waals surface area contributed by atoms with Crippen molar-refractivity contribution in [3.8, 4) is 0 Å². The molecule has 1 heterocycles. The van der Waals surface area contributed by atoms with Crippen molar-refractivity contribution >= 4 is 23.3 Å². The average Bonchev–Trinajstić information content (AvgIpc) is 3.01. The van der Waals surface area contributed by atoms with Gasteiger partial charge < -0.3 is 11.1 Å². The minimum Gasteiger partial charge on any atom is -0.396 e. The van der Waals surface area contributed by atoms with Crippen LogP contribution in [0.3, 0.4) is 0 Å². The fraction of sp³-hybridized carbons (Fsp3) is 0.545. The maximum absolute atomic E-state index is 5.94. The molecule has 0 bridgehead atoms. The molecule has 82 valence electrons. The van der Waals surface area contributed by atoms with Crippen molar-refractivity contribution in [1.29, 1.82) is 0 Å². The molecule has 0 aromatic carbocycles. The van der Waals surface area contributed by atoms with Crippen molar-refractivity contribution < 1.29 is 0 Å². The average molecular weight is 223 g/mol. The Balaban J connectivity index is 2.02. The smallest absolute Gasteiger partial charge is 0.149 e. The number of thioether (sulfide) groups is 1. The van der Waals surface area contributed by atoms with Gasteiger partial charge in [0.1, 0.15) is 5.82 Å². The van der Waals surface area contributed by atoms with Crippen LogP contribution in [-0.4, -0.2) is 22.5 Å². The van der Waals surface area contributed by atoms with E-state index in [9.17, 15) is 0 Å². The van der Waals surface area contributed by atoms with Crippen molar-refractivity contribution in [3.05, 3.63) is 17.8 Å². The molecule has 0 unspecified atom stereocenters. The van der Waals surface area contributed by atoms with Gasteiger partial charge in [0.25, 0.3) is 0 Å². The summed E-state index contributed by atoms with van der Waals surface area (Å²) in [5.74, 6) is 0.829. The maximum atomic E-state index is 5.94. The van der Waals surface area contributed by atoms with Crippen LogP contribution in [0.2, 0.25) is 0 Å². The van der Waals surface area contributed by atoms with Gasteiger partial charge in [-0.05, 0) is 37.7 Å². The molecule has 15 heavy (non-hydrogen) atoms. The highest BCUT2D eigenvalue weighted by Gasteiger charge is 2.41. The molecule has 3 nitrogen and oxygen atoms in total. The third-order valence-electron chi connectivity index (χ3n) is 3.03. The largest absolute Gasteiger partial charge is 0.396 e. The molecule has 0 atom stereocenters. The van der Waals surface area contributed by atoms with Crippen LogP contribution in [0.25, 0.3) is 0 Å². The third kappa shape index (κ3) is 2.20. The summed E-state index contributed by atoms with van der Waals surface area (Å²) in [5.41, 5.74) is 7.80. The van der Waals surface area contributed by atoms with Crippen molar-refractivity contribution in [1.82, 2.24) is 4.98 Å². The predicted molar refractivity (Wildman–Crippen MR) is 67.4 cm³/mol. The van der Waals surface area contributed by atoms with E-state index in [0.29, 0.717) is 4.75 Å². The molecule has 4 heteroatoms. The Morgan fingerprint density at radius 3 is 2.93 bits per heavy atom. The molecule has 0 amide bonds. The number of aryl methyl sites for hydroxylation is 1. The number of nitrogens with two attached hydrogens (primary N) is 1. The van der Waals surface area contributed by atoms with Gasteiger partial charge in [0.2, 0.25) is 0 Å². The van der Waals surface area contributed by atoms with Gasteiger partial charge in [-0.2, -0.15) is 11.8 Å². The Bertz CT molecular complexity index is 361. The fourth-order valence-electron chi connectivity index (χ4n) is 1.55. The summed E-state index contributed by atoms with van der Waals surface area (Å²) >= 11 is 1.94. The lowest BCUT2D eigenvalue weighted by Crippen LogP contribution is -2.19. The number of nitrogen functional groups attached to an aromatic ring is 1. The highest BCUT2D eigenvalue weighted by molar-refractivity contribution is 8.00. The van der Waals surface area contributed by atoms with Gasteiger partial charge in [-0.15, -0.1) is 0 Å². The van der Waals surface area contributed by atoms with E-state index in [2.05, 4.69) is 16.6 Å². The van der Waals surface area contributed by atoms with Gasteiger partial charge in [0.15, 0.2) is 0 Å². The third-order valence-corrected chi connectivity index (χ3v) is 4.45. The van der Waals surface area contributed by atoms with E-state index >= 15 is 0 Å². The van der Waals surface area contributed by atoms with Gasteiger partial charge in [0.05, 0.1) is 5.69 Å². The van der Waals surface area contributed by atoms with Crippen molar-refractivity contribution in [2.45, 2.75) is 24.5 Å². The predicted octanol–water partition coefficient (Wildman–Crippen LogP) is 2.28. The summed E-state index contributed by atoms with van der Waals surface area (Å²) in [6, 6.07) is 1.93. The molecule has 1 fully saturated rings. The first-order valence-electron chi connectivity index (χ1n) is 5.17. The Kier molecular flexibility index (Phi) is 2.78. The number of hydrogen-bond acceptors (Lipinski definition) is 4. The van der Waals surface area contributed by atoms with Crippen LogP contribution in [0.15, 0.2) is 12.3 Å². The lowest BCUT2D eigenvalue weighted by atomic mass is 10.2. The zero-order chi connectivity index (χ0) is 10.9. The van der Waals surface area contributed by atoms with Crippen LogP contribution >= 0.6 is 11.8 Å². The van der Waals surface area contributed by atoms with Crippen LogP contribution in [0.1, 0.15) is 18.4 Å². The lowest BCUT2D eigenvalue weighted by Gasteiger charge is -2.15. The second-order valence-electron chi connectivity index (χ2n) is 4.13. The maximum Gasteiger partial charge on any atom is 0.149 e. The first kappa shape index (κ1) is 10.6. The van der Waals surface area contributed by atoms with E-state index in [0.717, 1.165) is 23.6 Å². The summed E-state index contributed by atoms with van der Waals surface area (Å²) in [5, 5.41) is 3.35. The van der Waals surface area contributed by atoms with Crippen LogP contribution in [0.4, 0.5) is 11.5 Å². The Labute approximate surface area is 94.8 Å². The standard InChI is InChI=1S/C11H17N3S/c1-8-3-6-13-10(9(8)12)14-7-11(15-2)4-5-11/h3,6H,4-5,7,12H2,1-2H3,(H,13,14). The molecule has 1 aliphatic rings. The first-order chi connectivity index (χ1) is 7.17. The Hall–Kier alpha value is -0.900. The van der Waals surface area contributed by atoms with E-state index in [-0.39, 0.29) is 0 Å². The second kappa shape index (κ2) is 3.93. The number of nitrogens with one attached hydrogen (secondary N) is 1. The minimum atomic E-state index is 0.442. The molecule has 0 spiro atoms. The SMILES string of the molecule is CSC1(CNc2nccc(C)c2N)CC1. The van der Waals surface area contributed by atoms with Gasteiger partial charge >= 0.3 is 0 Å². The summed E-state index contributed by atoms with van der Waals surface area (Å²) in [4.78, 5) is 4.26. The van der Waals surface area contributed by atoms with Crippen molar-refractivity contribution in [2.24, 2.45) is 0 Å². The van der Waals surface area contributed by atoms with Crippen molar-refractivity contribution in [2.75, 3.05) is 23.9 Å². The molecular formula is C11H17N3S. The number of aromatic nitrogens is 1. The number of anilines is 2. The van der Waals surface area contributed by atoms with E-state index < -0.39 is 0 Å². The first-order valence-corrected chi connectivity index (χ1v) is 6.39. The number of pyridine rings is 1. The topological polar surface area (TPSA) is 50.9 Å². The second-order valence-corrected chi connectivity index (χ2v) is 5.41. The van der Waals surface area contributed by atoms with Crippen LogP contribution < -0.4 is 11.1 Å². The fourth-order valence-corrected chi connectivity index (χ4v) is 2.27. The van der Waals surface area contributed by atoms with Crippen LogP contribution in [-0.2, 0) is 0 Å². The number of hydrogen-bond donors (Lipinski definition) is 2. The summed E-state index contributed by atoms with van der Waals surface area (Å²) in [6.07, 6.45) is 6.56. The Morgan fingerprint density at radius 2 is 2.33 bits per heavy atom. The summed E-state index contributed by atoms with van der Waals surface area (Å²) in [6.45, 7) is 2.97. The van der Waals surface area contributed by atoms with Crippen LogP contribution in [0, 0.1) is 6.92 Å². The zero-order valence-corrected chi connectivity index (χ0v) is 10.0. The lowest BCUT2D eigenvalue weighted by molar-refractivity contribution is 0.940. The van der Waals surface area contributed by atoms with Gasteiger partial charge in [-0.1, -0.05) is 0 Å². The normalized spacial score (nSPS) is 17.5. The van der Waals surface area contributed by atoms with Gasteiger partial charge in [-0.25, -0.2) is 4.98 Å². The number of rotatable bonds is 4. The minimum absolute atomic E-state index is 0.442. The molecule has 2 rings (SSSR count). The highest BCUT2D eigenvalue weighted by Crippen LogP contribution is 2.47. The molecule has 1 aliphatic carbocycles. The molecule has 3 N–H and O–H groups in total. The molecule has 0 radical (unpaired) electrons. The van der Waals surface area contributed by atoms with Gasteiger partial charge in [0, 0.05) is 17.5 Å². The molecular weight excluding hydrogens is 206 g/mol. The van der Waals surface area contributed by atoms with E-state index in [1.165, 1.54) is 12.8 Å². The molecule has 1 aromatic heterocycles. The Morgan fingerprint density at radius 1 is 1.60 bits per heavy atom. The highest BCUT2D eigenvalue weighted by atomic mass is 32.2. The summed E-state index contributed by atoms with van der Waals surface area (Å²) < 4.78 is 0.442.